The summed E-state index contributed by atoms with van der Waals surface area (Å²) in [7, 11) is -1.49. The van der Waals surface area contributed by atoms with Crippen molar-refractivity contribution >= 4 is 21.7 Å². The number of aliphatic hydroxyl groups is 1. The van der Waals surface area contributed by atoms with Crippen LogP contribution in [0.4, 0.5) is 0 Å². The maximum absolute atomic E-state index is 13.0. The first-order valence-electron chi connectivity index (χ1n) is 8.32. The third kappa shape index (κ3) is 3.36. The van der Waals surface area contributed by atoms with E-state index in [1.807, 2.05) is 0 Å². The molecule has 1 aromatic carbocycles. The monoisotopic (exact) mass is 423 g/mol. The van der Waals surface area contributed by atoms with E-state index in [0.717, 1.165) is 6.26 Å². The zero-order chi connectivity index (χ0) is 21.5. The van der Waals surface area contributed by atoms with Gasteiger partial charge in [0.05, 0.1) is 39.2 Å². The highest BCUT2D eigenvalue weighted by Crippen LogP contribution is 2.44. The first-order chi connectivity index (χ1) is 13.7. The Kier molecular flexibility index (Phi) is 5.37. The molecular formula is C17H17N3O8S. The van der Waals surface area contributed by atoms with Gasteiger partial charge in [-0.2, -0.15) is 8.42 Å². The molecule has 0 fully saturated rings. The van der Waals surface area contributed by atoms with Crippen molar-refractivity contribution in [3.63, 3.8) is 0 Å². The number of ether oxygens (including phenoxy) is 2. The molecule has 0 heterocycles. The summed E-state index contributed by atoms with van der Waals surface area (Å²) >= 11 is 0. The van der Waals surface area contributed by atoms with E-state index in [1.165, 1.54) is 20.3 Å². The quantitative estimate of drug-likeness (QED) is 0.309. The molecule has 0 saturated carbocycles. The van der Waals surface area contributed by atoms with E-state index < -0.39 is 40.4 Å². The number of carbonyl (C=O) groups excluding carboxylic acids is 2. The number of rotatable bonds is 6. The molecule has 0 bridgehead atoms. The van der Waals surface area contributed by atoms with Crippen LogP contribution in [0.5, 0.6) is 0 Å². The highest BCUT2D eigenvalue weighted by atomic mass is 32.2. The highest BCUT2D eigenvalue weighted by molar-refractivity contribution is 7.86. The lowest BCUT2D eigenvalue weighted by Crippen LogP contribution is -2.26. The van der Waals surface area contributed by atoms with Gasteiger partial charge >= 0.3 is 0 Å². The average Bonchev–Trinajstić information content (AvgIpc) is 2.99. The number of benzene rings is 1. The summed E-state index contributed by atoms with van der Waals surface area (Å²) in [6, 6.07) is 0.196. The fourth-order valence-corrected chi connectivity index (χ4v) is 4.40. The minimum Gasteiger partial charge on any atom is -0.489 e. The van der Waals surface area contributed by atoms with Gasteiger partial charge in [0, 0.05) is 22.5 Å². The molecular weight excluding hydrogens is 406 g/mol. The fourth-order valence-electron chi connectivity index (χ4n) is 3.78. The summed E-state index contributed by atoms with van der Waals surface area (Å²) in [6.07, 6.45) is -0.410. The van der Waals surface area contributed by atoms with Crippen LogP contribution in [0.15, 0.2) is 22.7 Å². The molecule has 1 aromatic rings. The number of hydrogen-bond donors (Lipinski definition) is 1. The van der Waals surface area contributed by atoms with E-state index in [-0.39, 0.29) is 45.8 Å². The van der Waals surface area contributed by atoms with Gasteiger partial charge in [-0.05, 0) is 28.3 Å². The van der Waals surface area contributed by atoms with Crippen LogP contribution < -0.4 is 0 Å². The van der Waals surface area contributed by atoms with Crippen LogP contribution in [0.25, 0.3) is 10.4 Å². The Hall–Kier alpha value is -2.92. The molecule has 2 aliphatic carbocycles. The molecule has 0 aliphatic heterocycles. The second-order valence-corrected chi connectivity index (χ2v) is 8.03. The third-order valence-electron chi connectivity index (χ3n) is 4.76. The maximum atomic E-state index is 13.0. The molecule has 2 atom stereocenters. The van der Waals surface area contributed by atoms with E-state index in [2.05, 4.69) is 10.0 Å². The minimum atomic E-state index is -3.92. The molecule has 0 amide bonds. The Bertz CT molecular complexity index is 1100. The number of aliphatic hydroxyl groups excluding tert-OH is 1. The smallest absolute Gasteiger partial charge is 0.264 e. The van der Waals surface area contributed by atoms with Crippen molar-refractivity contribution in [3.8, 4) is 0 Å². The lowest BCUT2D eigenvalue weighted by Gasteiger charge is -2.23. The molecule has 0 saturated heterocycles. The van der Waals surface area contributed by atoms with E-state index in [0.29, 0.717) is 0 Å². The van der Waals surface area contributed by atoms with Gasteiger partial charge < -0.3 is 14.6 Å². The number of carbonyl (C=O) groups is 2. The number of fused-ring (bicyclic) bond motifs is 3. The Labute approximate surface area is 165 Å². The number of ketones is 2. The van der Waals surface area contributed by atoms with Crippen molar-refractivity contribution < 1.29 is 36.8 Å². The highest BCUT2D eigenvalue weighted by Gasteiger charge is 2.44. The Morgan fingerprint density at radius 1 is 1.24 bits per heavy atom. The van der Waals surface area contributed by atoms with Crippen LogP contribution in [0.1, 0.15) is 43.4 Å². The summed E-state index contributed by atoms with van der Waals surface area (Å²) in [5.41, 5.74) is 9.64. The number of methoxy groups -OCH3 is 2. The van der Waals surface area contributed by atoms with Crippen molar-refractivity contribution in [3.05, 3.63) is 55.8 Å². The zero-order valence-electron chi connectivity index (χ0n) is 15.7. The summed E-state index contributed by atoms with van der Waals surface area (Å²) in [6.45, 7) is -0.538. The van der Waals surface area contributed by atoms with Gasteiger partial charge in [-0.25, -0.2) is 0 Å². The molecule has 0 radical (unpaired) electrons. The Balaban J connectivity index is 2.30. The molecule has 1 N–H and O–H groups in total. The van der Waals surface area contributed by atoms with Crippen LogP contribution in [0.2, 0.25) is 0 Å². The predicted molar refractivity (Wildman–Crippen MR) is 97.4 cm³/mol. The number of azide groups is 1. The van der Waals surface area contributed by atoms with Gasteiger partial charge in [-0.1, -0.05) is 5.11 Å². The van der Waals surface area contributed by atoms with Crippen LogP contribution in [-0.2, 0) is 36.8 Å². The first kappa shape index (κ1) is 20.8. The number of Topliss-reactive ketones (excluding diaryl/α,β-unsaturated/α-hetero) is 2. The zero-order valence-corrected chi connectivity index (χ0v) is 16.5. The van der Waals surface area contributed by atoms with Crippen LogP contribution in [0, 0.1) is 0 Å². The topological polar surface area (TPSA) is 165 Å². The lowest BCUT2D eigenvalue weighted by atomic mass is 9.84. The van der Waals surface area contributed by atoms with Crippen LogP contribution in [0.3, 0.4) is 0 Å². The largest absolute Gasteiger partial charge is 0.489 e. The maximum Gasteiger partial charge on any atom is 0.264 e. The number of nitrogens with zero attached hydrogens (tertiary/aromatic N) is 3. The number of hydrogen-bond acceptors (Lipinski definition) is 9. The van der Waals surface area contributed by atoms with E-state index in [9.17, 15) is 23.1 Å². The lowest BCUT2D eigenvalue weighted by molar-refractivity contribution is 0.0828. The van der Waals surface area contributed by atoms with Crippen molar-refractivity contribution in [1.82, 2.24) is 0 Å². The predicted octanol–water partition coefficient (Wildman–Crippen LogP) is 1.31. The summed E-state index contributed by atoms with van der Waals surface area (Å²) in [5, 5.41) is 13.4. The van der Waals surface area contributed by atoms with Crippen molar-refractivity contribution in [2.75, 3.05) is 20.5 Å². The Morgan fingerprint density at radius 2 is 1.86 bits per heavy atom. The molecule has 11 nitrogen and oxygen atoms in total. The van der Waals surface area contributed by atoms with Crippen LogP contribution >= 0.6 is 0 Å². The molecule has 2 unspecified atom stereocenters. The molecule has 0 spiro atoms. The third-order valence-corrected chi connectivity index (χ3v) is 5.35. The van der Waals surface area contributed by atoms with Gasteiger partial charge in [0.1, 0.15) is 0 Å². The average molecular weight is 423 g/mol. The fraction of sp³-hybridized carbons (Fsp3) is 0.412. The molecule has 12 heteroatoms. The normalized spacial score (nSPS) is 20.8. The summed E-state index contributed by atoms with van der Waals surface area (Å²) < 4.78 is 38.5. The van der Waals surface area contributed by atoms with Gasteiger partial charge in [0.2, 0.25) is 23.1 Å². The minimum absolute atomic E-state index is 0.0161. The van der Waals surface area contributed by atoms with E-state index >= 15 is 0 Å². The SMILES string of the molecule is COC1=C(OC)C(=O)c2c(cc(CO)c3c2CC(OS(C)(=O)=O)C3N=[N+]=[N-])C1=O. The molecule has 154 valence electrons. The van der Waals surface area contributed by atoms with Gasteiger partial charge in [-0.3, -0.25) is 13.8 Å². The summed E-state index contributed by atoms with van der Waals surface area (Å²) in [4.78, 5) is 28.6. The van der Waals surface area contributed by atoms with Gasteiger partial charge in [0.25, 0.3) is 10.1 Å². The number of allylic oxidation sites excluding steroid dienone is 2. The second-order valence-electron chi connectivity index (χ2n) is 6.43. The van der Waals surface area contributed by atoms with Gasteiger partial charge in [0.15, 0.2) is 0 Å². The van der Waals surface area contributed by atoms with E-state index in [4.69, 9.17) is 19.2 Å². The summed E-state index contributed by atoms with van der Waals surface area (Å²) in [5.74, 6) is -1.83. The molecule has 2 aliphatic rings. The Morgan fingerprint density at radius 3 is 2.38 bits per heavy atom. The molecule has 3 rings (SSSR count). The second kappa shape index (κ2) is 7.48. The molecule has 29 heavy (non-hydrogen) atoms. The van der Waals surface area contributed by atoms with Gasteiger partial charge in [-0.15, -0.1) is 0 Å². The van der Waals surface area contributed by atoms with E-state index in [1.54, 1.807) is 0 Å². The first-order valence-corrected chi connectivity index (χ1v) is 10.1. The van der Waals surface area contributed by atoms with Crippen LogP contribution in [-0.4, -0.2) is 51.7 Å². The van der Waals surface area contributed by atoms with Crippen molar-refractivity contribution in [2.45, 2.75) is 25.2 Å². The standard InChI is InChI=1S/C17H17N3O8S/c1-26-16-14(22)9-4-7(6-21)11-8(12(9)15(23)17(16)27-2)5-10(13(11)19-20-18)28-29(3,24)25/h4,10,13,21H,5-6H2,1-3H3. The van der Waals surface area contributed by atoms with Crippen molar-refractivity contribution in [1.29, 1.82) is 0 Å². The molecule has 0 aromatic heterocycles. The van der Waals surface area contributed by atoms with Crippen molar-refractivity contribution in [2.24, 2.45) is 5.11 Å².